The Bertz CT molecular complexity index is 682. The van der Waals surface area contributed by atoms with Crippen LogP contribution in [0, 0.1) is 11.6 Å². The van der Waals surface area contributed by atoms with Gasteiger partial charge in [0.25, 0.3) is 0 Å². The molecule has 0 saturated heterocycles. The van der Waals surface area contributed by atoms with Crippen LogP contribution < -0.4 is 5.73 Å². The first-order chi connectivity index (χ1) is 10.7. The van der Waals surface area contributed by atoms with Crippen LogP contribution in [0.4, 0.5) is 8.78 Å². The third-order valence-corrected chi connectivity index (χ3v) is 3.89. The number of halogens is 2. The van der Waals surface area contributed by atoms with Crippen molar-refractivity contribution < 1.29 is 13.6 Å². The predicted molar refractivity (Wildman–Crippen MR) is 87.1 cm³/mol. The van der Waals surface area contributed by atoms with Crippen LogP contribution in [0.2, 0.25) is 0 Å². The number of amides is 1. The fourth-order valence-electron chi connectivity index (χ4n) is 2.54. The van der Waals surface area contributed by atoms with Crippen molar-refractivity contribution in [2.45, 2.75) is 38.5 Å². The first-order valence-corrected chi connectivity index (χ1v) is 7.51. The zero-order valence-corrected chi connectivity index (χ0v) is 13.6. The molecule has 0 bridgehead atoms. The number of carbonyl (C=O) groups is 1. The molecule has 1 atom stereocenters. The van der Waals surface area contributed by atoms with Gasteiger partial charge in [0.1, 0.15) is 11.6 Å². The summed E-state index contributed by atoms with van der Waals surface area (Å²) in [5.41, 5.74) is 7.80. The van der Waals surface area contributed by atoms with E-state index in [2.05, 4.69) is 20.8 Å². The lowest BCUT2D eigenvalue weighted by molar-refractivity contribution is -0.119. The summed E-state index contributed by atoms with van der Waals surface area (Å²) in [6.45, 7) is 6.34. The van der Waals surface area contributed by atoms with E-state index in [-0.39, 0.29) is 11.0 Å². The monoisotopic (exact) mass is 317 g/mol. The molecule has 1 amide bonds. The van der Waals surface area contributed by atoms with Crippen LogP contribution in [0.3, 0.4) is 0 Å². The highest BCUT2D eigenvalue weighted by atomic mass is 19.1. The van der Waals surface area contributed by atoms with Gasteiger partial charge < -0.3 is 5.73 Å². The summed E-state index contributed by atoms with van der Waals surface area (Å²) < 4.78 is 26.8. The Labute approximate surface area is 135 Å². The quantitative estimate of drug-likeness (QED) is 0.907. The molecule has 23 heavy (non-hydrogen) atoms. The molecular weight excluding hydrogens is 296 g/mol. The Balaban J connectivity index is 2.28. The minimum Gasteiger partial charge on any atom is -0.369 e. The Morgan fingerprint density at radius 2 is 1.57 bits per heavy atom. The fourth-order valence-corrected chi connectivity index (χ4v) is 2.54. The van der Waals surface area contributed by atoms with Gasteiger partial charge in [-0.25, -0.2) is 8.78 Å². The number of carbonyl (C=O) groups excluding carboxylic acids is 1. The van der Waals surface area contributed by atoms with Gasteiger partial charge in [-0.05, 0) is 40.7 Å². The Morgan fingerprint density at radius 3 is 2.00 bits per heavy atom. The van der Waals surface area contributed by atoms with Gasteiger partial charge in [-0.2, -0.15) is 0 Å². The molecule has 0 saturated carbocycles. The normalized spacial score (nSPS) is 12.9. The van der Waals surface area contributed by atoms with Crippen molar-refractivity contribution in [3.63, 3.8) is 0 Å². The molecule has 2 aromatic rings. The number of hydrogen-bond donors (Lipinski definition) is 1. The van der Waals surface area contributed by atoms with Gasteiger partial charge in [-0.1, -0.05) is 45.0 Å². The van der Waals surface area contributed by atoms with Gasteiger partial charge in [0.15, 0.2) is 0 Å². The molecule has 2 nitrogen and oxygen atoms in total. The summed E-state index contributed by atoms with van der Waals surface area (Å²) in [7, 11) is 0. The molecule has 2 aromatic carbocycles. The maximum atomic E-state index is 13.4. The van der Waals surface area contributed by atoms with Gasteiger partial charge in [0.2, 0.25) is 5.91 Å². The van der Waals surface area contributed by atoms with E-state index in [0.29, 0.717) is 6.42 Å². The minimum absolute atomic E-state index is 0.0350. The molecule has 0 aliphatic heterocycles. The summed E-state index contributed by atoms with van der Waals surface area (Å²) in [5, 5.41) is 0. The lowest BCUT2D eigenvalue weighted by Gasteiger charge is -2.20. The molecular formula is C19H21F2NO. The van der Waals surface area contributed by atoms with Crippen LogP contribution in [0.1, 0.15) is 43.4 Å². The molecule has 0 aliphatic rings. The second-order valence-electron chi connectivity index (χ2n) is 6.81. The highest BCUT2D eigenvalue weighted by Crippen LogP contribution is 2.26. The molecule has 0 radical (unpaired) electrons. The molecule has 122 valence electrons. The third kappa shape index (κ3) is 4.38. The lowest BCUT2D eigenvalue weighted by Crippen LogP contribution is -2.23. The van der Waals surface area contributed by atoms with E-state index in [4.69, 9.17) is 5.73 Å². The zero-order chi connectivity index (χ0) is 17.2. The van der Waals surface area contributed by atoms with Crippen molar-refractivity contribution in [3.8, 4) is 0 Å². The Hall–Kier alpha value is -2.23. The SMILES string of the molecule is CC(C)(C)c1ccc(CC(C(N)=O)c2cc(F)cc(F)c2)cc1. The van der Waals surface area contributed by atoms with Crippen LogP contribution >= 0.6 is 0 Å². The summed E-state index contributed by atoms with van der Waals surface area (Å²) in [6.07, 6.45) is 0.308. The van der Waals surface area contributed by atoms with Crippen LogP contribution in [-0.4, -0.2) is 5.91 Å². The van der Waals surface area contributed by atoms with Gasteiger partial charge in [0, 0.05) is 6.07 Å². The Kier molecular flexibility index (Phi) is 4.83. The van der Waals surface area contributed by atoms with Crippen molar-refractivity contribution in [1.82, 2.24) is 0 Å². The van der Waals surface area contributed by atoms with E-state index in [1.807, 2.05) is 24.3 Å². The van der Waals surface area contributed by atoms with E-state index < -0.39 is 23.5 Å². The number of primary amides is 1. The lowest BCUT2D eigenvalue weighted by atomic mass is 9.85. The van der Waals surface area contributed by atoms with Crippen LogP contribution in [0.5, 0.6) is 0 Å². The van der Waals surface area contributed by atoms with E-state index >= 15 is 0 Å². The summed E-state index contributed by atoms with van der Waals surface area (Å²) in [5.74, 6) is -2.79. The first-order valence-electron chi connectivity index (χ1n) is 7.51. The number of rotatable bonds is 4. The predicted octanol–water partition coefficient (Wildman–Crippen LogP) is 4.07. The summed E-state index contributed by atoms with van der Waals surface area (Å²) in [4.78, 5) is 11.7. The van der Waals surface area contributed by atoms with Gasteiger partial charge in [-0.15, -0.1) is 0 Å². The van der Waals surface area contributed by atoms with Crippen LogP contribution in [0.25, 0.3) is 0 Å². The molecule has 2 rings (SSSR count). The Morgan fingerprint density at radius 1 is 1.04 bits per heavy atom. The van der Waals surface area contributed by atoms with Gasteiger partial charge in [-0.3, -0.25) is 4.79 Å². The van der Waals surface area contributed by atoms with E-state index in [9.17, 15) is 13.6 Å². The van der Waals surface area contributed by atoms with Gasteiger partial charge >= 0.3 is 0 Å². The van der Waals surface area contributed by atoms with Crippen LogP contribution in [0.15, 0.2) is 42.5 Å². The average Bonchev–Trinajstić information content (AvgIpc) is 2.42. The van der Waals surface area contributed by atoms with Crippen molar-refractivity contribution >= 4 is 5.91 Å². The number of nitrogens with two attached hydrogens (primary N) is 1. The maximum Gasteiger partial charge on any atom is 0.225 e. The first kappa shape index (κ1) is 17.1. The molecule has 4 heteroatoms. The average molecular weight is 317 g/mol. The van der Waals surface area contributed by atoms with Crippen molar-refractivity contribution in [2.24, 2.45) is 5.73 Å². The third-order valence-electron chi connectivity index (χ3n) is 3.89. The molecule has 0 fully saturated rings. The zero-order valence-electron chi connectivity index (χ0n) is 13.6. The standard InChI is InChI=1S/C19H21F2NO/c1-19(2,3)14-6-4-12(5-7-14)8-17(18(22)23)13-9-15(20)11-16(21)10-13/h4-7,9-11,17H,8H2,1-3H3,(H2,22,23). The highest BCUT2D eigenvalue weighted by molar-refractivity contribution is 5.82. The second kappa shape index (κ2) is 6.49. The largest absolute Gasteiger partial charge is 0.369 e. The van der Waals surface area contributed by atoms with E-state index in [1.54, 1.807) is 0 Å². The summed E-state index contributed by atoms with van der Waals surface area (Å²) in [6, 6.07) is 10.9. The van der Waals surface area contributed by atoms with Gasteiger partial charge in [0.05, 0.1) is 5.92 Å². The molecule has 0 heterocycles. The van der Waals surface area contributed by atoms with Crippen molar-refractivity contribution in [1.29, 1.82) is 0 Å². The minimum atomic E-state index is -0.763. The number of benzene rings is 2. The van der Waals surface area contributed by atoms with Crippen molar-refractivity contribution in [2.75, 3.05) is 0 Å². The van der Waals surface area contributed by atoms with E-state index in [0.717, 1.165) is 23.8 Å². The van der Waals surface area contributed by atoms with Crippen LogP contribution in [-0.2, 0) is 16.6 Å². The fraction of sp³-hybridized carbons (Fsp3) is 0.316. The van der Waals surface area contributed by atoms with Crippen molar-refractivity contribution in [3.05, 3.63) is 70.8 Å². The molecule has 1 unspecified atom stereocenters. The topological polar surface area (TPSA) is 43.1 Å². The van der Waals surface area contributed by atoms with E-state index in [1.165, 1.54) is 5.56 Å². The second-order valence-corrected chi connectivity index (χ2v) is 6.81. The summed E-state index contributed by atoms with van der Waals surface area (Å²) >= 11 is 0. The molecule has 0 spiro atoms. The maximum absolute atomic E-state index is 13.4. The number of hydrogen-bond acceptors (Lipinski definition) is 1. The molecule has 0 aliphatic carbocycles. The molecule has 2 N–H and O–H groups in total. The smallest absolute Gasteiger partial charge is 0.225 e. The highest BCUT2D eigenvalue weighted by Gasteiger charge is 2.21. The molecule has 0 aromatic heterocycles.